The van der Waals surface area contributed by atoms with Gasteiger partial charge in [-0.1, -0.05) is 54.1 Å². The van der Waals surface area contributed by atoms with E-state index >= 15 is 0 Å². The van der Waals surface area contributed by atoms with E-state index in [1.807, 2.05) is 53.4 Å². The Bertz CT molecular complexity index is 1440. The maximum Gasteiger partial charge on any atom is 0.280 e. The van der Waals surface area contributed by atoms with Crippen LogP contribution < -0.4 is 26.8 Å². The second kappa shape index (κ2) is 12.4. The van der Waals surface area contributed by atoms with Gasteiger partial charge in [0.1, 0.15) is 12.4 Å². The minimum Gasteiger partial charge on any atom is -0.489 e. The van der Waals surface area contributed by atoms with Gasteiger partial charge in [-0.2, -0.15) is 0 Å². The Labute approximate surface area is 243 Å². The van der Waals surface area contributed by atoms with Gasteiger partial charge < -0.3 is 26.4 Å². The largest absolute Gasteiger partial charge is 0.489 e. The van der Waals surface area contributed by atoms with Crippen LogP contribution in [0.25, 0.3) is 0 Å². The first kappa shape index (κ1) is 28.2. The third-order valence-corrected chi connectivity index (χ3v) is 7.63. The summed E-state index contributed by atoms with van der Waals surface area (Å²) < 4.78 is 5.93. The highest BCUT2D eigenvalue weighted by atomic mass is 35.5. The number of carbonyl (C=O) groups excluding carboxylic acids is 2. The fourth-order valence-corrected chi connectivity index (χ4v) is 5.13. The van der Waals surface area contributed by atoms with Crippen LogP contribution in [-0.2, 0) is 17.8 Å². The van der Waals surface area contributed by atoms with Crippen LogP contribution in [0.2, 0.25) is 5.15 Å². The maximum absolute atomic E-state index is 12.9. The normalized spacial score (nSPS) is 15.7. The van der Waals surface area contributed by atoms with Gasteiger partial charge in [-0.25, -0.2) is 9.97 Å². The van der Waals surface area contributed by atoms with Gasteiger partial charge in [0.05, 0.1) is 12.1 Å². The summed E-state index contributed by atoms with van der Waals surface area (Å²) in [6, 6.07) is 18.1. The quantitative estimate of drug-likeness (QED) is 0.318. The standard InChI is InChI=1S/C29H33ClN8O3/c30-24-26(32)35-25(31)23(34-24)27(40)36-28-33-18-29(37-28)12-14-38(15-13-29)22(39)11-5-9-19-8-4-10-21(16-19)41-17-20-6-2-1-3-7-20/h1-4,6-8,10,16H,5,9,11-15,17-18H2,(H4,31,32,35)(H2,33,36,37,40). The van der Waals surface area contributed by atoms with Crippen molar-refractivity contribution in [1.29, 1.82) is 0 Å². The van der Waals surface area contributed by atoms with Gasteiger partial charge in [0.15, 0.2) is 28.4 Å². The van der Waals surface area contributed by atoms with E-state index in [0.717, 1.165) is 42.6 Å². The fourth-order valence-electron chi connectivity index (χ4n) is 5.01. The number of nitrogen functional groups attached to an aromatic ring is 2. The summed E-state index contributed by atoms with van der Waals surface area (Å²) in [5.41, 5.74) is 13.2. The number of aryl methyl sites for hydroxylation is 1. The first-order valence-electron chi connectivity index (χ1n) is 13.6. The van der Waals surface area contributed by atoms with Crippen molar-refractivity contribution >= 4 is 41.0 Å². The zero-order chi connectivity index (χ0) is 28.8. The number of ether oxygens (including phenoxy) is 1. The van der Waals surface area contributed by atoms with Crippen LogP contribution >= 0.6 is 11.6 Å². The monoisotopic (exact) mass is 576 g/mol. The Morgan fingerprint density at radius 3 is 2.56 bits per heavy atom. The highest BCUT2D eigenvalue weighted by Crippen LogP contribution is 2.27. The Hall–Kier alpha value is -4.38. The number of hydrogen-bond acceptors (Lipinski definition) is 9. The number of aliphatic imine (C=N–C) groups is 1. The van der Waals surface area contributed by atoms with Gasteiger partial charge in [0.25, 0.3) is 5.91 Å². The molecule has 0 bridgehead atoms. The lowest BCUT2D eigenvalue weighted by molar-refractivity contribution is -0.132. The van der Waals surface area contributed by atoms with Gasteiger partial charge in [-0.3, -0.25) is 19.9 Å². The molecule has 214 valence electrons. The number of nitrogens with two attached hydrogens (primary N) is 2. The number of halogens is 1. The molecular weight excluding hydrogens is 544 g/mol. The molecule has 0 saturated carbocycles. The van der Waals surface area contributed by atoms with Crippen LogP contribution in [0.5, 0.6) is 5.75 Å². The van der Waals surface area contributed by atoms with Crippen LogP contribution in [0.15, 0.2) is 59.6 Å². The Morgan fingerprint density at radius 2 is 1.78 bits per heavy atom. The van der Waals surface area contributed by atoms with Crippen molar-refractivity contribution in [2.24, 2.45) is 4.99 Å². The molecule has 3 aromatic rings. The SMILES string of the molecule is Nc1nc(N)c(C(=O)NC2=NCC3(CCN(C(=O)CCCc4cccc(OCc5ccccc5)c4)CC3)N2)nc1Cl. The van der Waals surface area contributed by atoms with Gasteiger partial charge in [0, 0.05) is 19.5 Å². The number of carbonyl (C=O) groups is 2. The predicted molar refractivity (Wildman–Crippen MR) is 157 cm³/mol. The van der Waals surface area contributed by atoms with E-state index in [4.69, 9.17) is 27.8 Å². The van der Waals surface area contributed by atoms with E-state index < -0.39 is 5.91 Å². The van der Waals surface area contributed by atoms with Crippen LogP contribution in [0.1, 0.15) is 47.3 Å². The molecule has 5 rings (SSSR count). The number of aromatic nitrogens is 2. The Kier molecular flexibility index (Phi) is 8.53. The number of guanidine groups is 1. The molecule has 0 radical (unpaired) electrons. The van der Waals surface area contributed by atoms with Gasteiger partial charge in [0.2, 0.25) is 5.91 Å². The molecule has 3 heterocycles. The minimum atomic E-state index is -0.582. The zero-order valence-electron chi connectivity index (χ0n) is 22.6. The molecule has 1 aromatic heterocycles. The third-order valence-electron chi connectivity index (χ3n) is 7.35. The molecule has 1 fully saturated rings. The molecule has 12 heteroatoms. The molecule has 41 heavy (non-hydrogen) atoms. The smallest absolute Gasteiger partial charge is 0.280 e. The number of rotatable bonds is 8. The van der Waals surface area contributed by atoms with Gasteiger partial charge >= 0.3 is 0 Å². The third kappa shape index (κ3) is 7.04. The average Bonchev–Trinajstić information content (AvgIpc) is 3.36. The van der Waals surface area contributed by atoms with E-state index in [2.05, 4.69) is 31.7 Å². The Morgan fingerprint density at radius 1 is 1.02 bits per heavy atom. The van der Waals surface area contributed by atoms with Crippen LogP contribution in [-0.4, -0.2) is 57.8 Å². The molecule has 0 atom stereocenters. The van der Waals surface area contributed by atoms with Crippen molar-refractivity contribution in [1.82, 2.24) is 25.5 Å². The zero-order valence-corrected chi connectivity index (χ0v) is 23.4. The van der Waals surface area contributed by atoms with E-state index in [9.17, 15) is 9.59 Å². The van der Waals surface area contributed by atoms with E-state index in [0.29, 0.717) is 38.6 Å². The predicted octanol–water partition coefficient (Wildman–Crippen LogP) is 2.95. The lowest BCUT2D eigenvalue weighted by atomic mass is 9.88. The maximum atomic E-state index is 12.9. The van der Waals surface area contributed by atoms with Gasteiger partial charge in [-0.05, 0) is 48.9 Å². The van der Waals surface area contributed by atoms with E-state index in [-0.39, 0.29) is 33.9 Å². The van der Waals surface area contributed by atoms with Crippen molar-refractivity contribution < 1.29 is 14.3 Å². The highest BCUT2D eigenvalue weighted by Gasteiger charge is 2.40. The van der Waals surface area contributed by atoms with Crippen molar-refractivity contribution in [3.63, 3.8) is 0 Å². The van der Waals surface area contributed by atoms with Crippen molar-refractivity contribution in [2.45, 2.75) is 44.2 Å². The molecule has 2 aromatic carbocycles. The fraction of sp³-hybridized carbons (Fsp3) is 0.345. The molecule has 1 spiro atoms. The summed E-state index contributed by atoms with van der Waals surface area (Å²) >= 11 is 5.89. The topological polar surface area (TPSA) is 161 Å². The van der Waals surface area contributed by atoms with Crippen LogP contribution in [0.3, 0.4) is 0 Å². The lowest BCUT2D eigenvalue weighted by Gasteiger charge is -2.39. The average molecular weight is 577 g/mol. The molecule has 1 saturated heterocycles. The van der Waals surface area contributed by atoms with Gasteiger partial charge in [-0.15, -0.1) is 0 Å². The summed E-state index contributed by atoms with van der Waals surface area (Å²) in [6.45, 7) is 2.26. The number of hydrogen-bond donors (Lipinski definition) is 4. The number of piperidine rings is 1. The van der Waals surface area contributed by atoms with E-state index in [1.165, 1.54) is 0 Å². The number of likely N-dealkylation sites (tertiary alicyclic amines) is 1. The van der Waals surface area contributed by atoms with Crippen LogP contribution in [0, 0.1) is 0 Å². The summed E-state index contributed by atoms with van der Waals surface area (Å²) in [5.74, 6) is 0.567. The lowest BCUT2D eigenvalue weighted by Crippen LogP contribution is -2.56. The minimum absolute atomic E-state index is 0.0457. The number of benzene rings is 2. The number of anilines is 2. The summed E-state index contributed by atoms with van der Waals surface area (Å²) in [7, 11) is 0. The molecule has 2 aliphatic rings. The van der Waals surface area contributed by atoms with Crippen LogP contribution in [0.4, 0.5) is 11.6 Å². The molecule has 0 aliphatic carbocycles. The van der Waals surface area contributed by atoms with Crippen molar-refractivity contribution in [2.75, 3.05) is 31.1 Å². The Balaban J connectivity index is 1.04. The number of amides is 2. The van der Waals surface area contributed by atoms with Crippen molar-refractivity contribution in [3.05, 3.63) is 76.6 Å². The number of nitrogens with zero attached hydrogens (tertiary/aromatic N) is 4. The van der Waals surface area contributed by atoms with E-state index in [1.54, 1.807) is 0 Å². The molecular formula is C29H33ClN8O3. The molecule has 0 unspecified atom stereocenters. The first-order chi connectivity index (χ1) is 19.8. The molecule has 11 nitrogen and oxygen atoms in total. The first-order valence-corrected chi connectivity index (χ1v) is 13.9. The summed E-state index contributed by atoms with van der Waals surface area (Å²) in [4.78, 5) is 39.7. The highest BCUT2D eigenvalue weighted by molar-refractivity contribution is 6.31. The molecule has 2 amide bonds. The second-order valence-corrected chi connectivity index (χ2v) is 10.7. The molecule has 6 N–H and O–H groups in total. The summed E-state index contributed by atoms with van der Waals surface area (Å²) in [6.07, 6.45) is 3.50. The second-order valence-electron chi connectivity index (χ2n) is 10.3. The summed E-state index contributed by atoms with van der Waals surface area (Å²) in [5, 5.41) is 5.91. The number of nitrogens with one attached hydrogen (secondary N) is 2. The molecule has 2 aliphatic heterocycles. The van der Waals surface area contributed by atoms with Crippen molar-refractivity contribution in [3.8, 4) is 5.75 Å².